The van der Waals surface area contributed by atoms with Crippen LogP contribution in [0.15, 0.2) is 36.5 Å². The second kappa shape index (κ2) is 6.07. The predicted octanol–water partition coefficient (Wildman–Crippen LogP) is 2.57. The Morgan fingerprint density at radius 1 is 1.28 bits per heavy atom. The first kappa shape index (κ1) is 16.5. The molecule has 2 fully saturated rings. The fourth-order valence-electron chi connectivity index (χ4n) is 3.98. The van der Waals surface area contributed by atoms with Gasteiger partial charge in [0, 0.05) is 31.2 Å². The number of morpholine rings is 1. The number of hydrogen-bond acceptors (Lipinski definition) is 4. The van der Waals surface area contributed by atoms with Crippen LogP contribution in [0.25, 0.3) is 10.9 Å². The van der Waals surface area contributed by atoms with Crippen molar-refractivity contribution in [2.24, 2.45) is 0 Å². The lowest BCUT2D eigenvalue weighted by atomic mass is 9.94. The second-order valence-corrected chi connectivity index (χ2v) is 7.81. The molecule has 1 aromatic heterocycles. The summed E-state index contributed by atoms with van der Waals surface area (Å²) in [5, 5.41) is 1.07. The SMILES string of the molecule is CC1(C)CN(C(=O)Cc2cnc3ccccc3c2)CC2(CCOC2)O1. The van der Waals surface area contributed by atoms with Crippen molar-refractivity contribution in [1.82, 2.24) is 9.88 Å². The van der Waals surface area contributed by atoms with E-state index in [1.807, 2.05) is 43.0 Å². The number of hydrogen-bond donors (Lipinski definition) is 0. The molecule has 25 heavy (non-hydrogen) atoms. The zero-order chi connectivity index (χ0) is 17.5. The molecule has 1 unspecified atom stereocenters. The molecular formula is C20H24N2O3. The molecule has 5 nitrogen and oxygen atoms in total. The minimum absolute atomic E-state index is 0.125. The second-order valence-electron chi connectivity index (χ2n) is 7.81. The summed E-state index contributed by atoms with van der Waals surface area (Å²) in [7, 11) is 0. The highest BCUT2D eigenvalue weighted by molar-refractivity contribution is 5.82. The molecule has 2 aromatic rings. The number of amides is 1. The molecule has 2 aliphatic rings. The first-order valence-electron chi connectivity index (χ1n) is 8.84. The van der Waals surface area contributed by atoms with E-state index in [9.17, 15) is 4.79 Å². The van der Waals surface area contributed by atoms with Gasteiger partial charge in [-0.15, -0.1) is 0 Å². The summed E-state index contributed by atoms with van der Waals surface area (Å²) < 4.78 is 11.8. The van der Waals surface area contributed by atoms with Gasteiger partial charge in [0.15, 0.2) is 0 Å². The van der Waals surface area contributed by atoms with Crippen LogP contribution in [0, 0.1) is 0 Å². The lowest BCUT2D eigenvalue weighted by molar-refractivity contribution is -0.199. The third-order valence-corrected chi connectivity index (χ3v) is 4.97. The number of para-hydroxylation sites is 1. The van der Waals surface area contributed by atoms with Crippen molar-refractivity contribution in [3.63, 3.8) is 0 Å². The van der Waals surface area contributed by atoms with Crippen LogP contribution in [0.5, 0.6) is 0 Å². The van der Waals surface area contributed by atoms with Gasteiger partial charge in [0.05, 0.1) is 30.7 Å². The van der Waals surface area contributed by atoms with E-state index in [-0.39, 0.29) is 17.1 Å². The number of carbonyl (C=O) groups is 1. The van der Waals surface area contributed by atoms with Gasteiger partial charge in [0.2, 0.25) is 5.91 Å². The molecule has 0 saturated carbocycles. The summed E-state index contributed by atoms with van der Waals surface area (Å²) in [4.78, 5) is 19.3. The number of benzene rings is 1. The van der Waals surface area contributed by atoms with Gasteiger partial charge in [0.25, 0.3) is 0 Å². The van der Waals surface area contributed by atoms with Crippen molar-refractivity contribution in [2.45, 2.75) is 37.9 Å². The highest BCUT2D eigenvalue weighted by atomic mass is 16.6. The summed E-state index contributed by atoms with van der Waals surface area (Å²) >= 11 is 0. The summed E-state index contributed by atoms with van der Waals surface area (Å²) in [6.07, 6.45) is 3.02. The third-order valence-electron chi connectivity index (χ3n) is 4.97. The Bertz CT molecular complexity index is 796. The van der Waals surface area contributed by atoms with Crippen LogP contribution in [0.1, 0.15) is 25.8 Å². The lowest BCUT2D eigenvalue weighted by Crippen LogP contribution is -2.61. The number of nitrogens with zero attached hydrogens (tertiary/aromatic N) is 2. The maximum Gasteiger partial charge on any atom is 0.227 e. The quantitative estimate of drug-likeness (QED) is 0.843. The molecule has 1 amide bonds. The summed E-state index contributed by atoms with van der Waals surface area (Å²) in [6.45, 7) is 6.57. The molecule has 0 aliphatic carbocycles. The van der Waals surface area contributed by atoms with E-state index in [1.54, 1.807) is 6.20 Å². The Morgan fingerprint density at radius 3 is 2.92 bits per heavy atom. The molecule has 0 radical (unpaired) electrons. The van der Waals surface area contributed by atoms with Gasteiger partial charge >= 0.3 is 0 Å². The first-order chi connectivity index (χ1) is 11.9. The zero-order valence-electron chi connectivity index (χ0n) is 14.8. The fourth-order valence-corrected chi connectivity index (χ4v) is 3.98. The first-order valence-corrected chi connectivity index (χ1v) is 8.84. The number of carbonyl (C=O) groups excluding carboxylic acids is 1. The lowest BCUT2D eigenvalue weighted by Gasteiger charge is -2.48. The van der Waals surface area contributed by atoms with Gasteiger partial charge in [-0.25, -0.2) is 0 Å². The van der Waals surface area contributed by atoms with Crippen LogP contribution >= 0.6 is 0 Å². The van der Waals surface area contributed by atoms with Crippen molar-refractivity contribution in [2.75, 3.05) is 26.3 Å². The summed E-state index contributed by atoms with van der Waals surface area (Å²) in [5.74, 6) is 0.125. The molecule has 2 saturated heterocycles. The topological polar surface area (TPSA) is 51.7 Å². The average molecular weight is 340 g/mol. The number of pyridine rings is 1. The normalized spacial score (nSPS) is 25.6. The molecule has 1 atom stereocenters. The Labute approximate surface area is 147 Å². The van der Waals surface area contributed by atoms with Crippen LogP contribution < -0.4 is 0 Å². The predicted molar refractivity (Wildman–Crippen MR) is 95.4 cm³/mol. The van der Waals surface area contributed by atoms with Crippen LogP contribution in [-0.2, 0) is 20.7 Å². The van der Waals surface area contributed by atoms with E-state index in [0.29, 0.717) is 32.7 Å². The van der Waals surface area contributed by atoms with E-state index < -0.39 is 0 Å². The molecule has 132 valence electrons. The van der Waals surface area contributed by atoms with Crippen molar-refractivity contribution >= 4 is 16.8 Å². The molecular weight excluding hydrogens is 316 g/mol. The van der Waals surface area contributed by atoms with Crippen LogP contribution in [0.3, 0.4) is 0 Å². The van der Waals surface area contributed by atoms with E-state index in [4.69, 9.17) is 9.47 Å². The average Bonchev–Trinajstić information content (AvgIpc) is 3.00. The molecule has 4 rings (SSSR count). The standard InChI is InChI=1S/C20H24N2O3/c1-19(2)12-22(13-20(25-19)7-8-24-14-20)18(23)10-15-9-16-5-3-4-6-17(16)21-11-15/h3-6,9,11H,7-8,10,12-14H2,1-2H3. The number of ether oxygens (including phenoxy) is 2. The number of aromatic nitrogens is 1. The highest BCUT2D eigenvalue weighted by Gasteiger charge is 2.47. The van der Waals surface area contributed by atoms with Gasteiger partial charge in [-0.3, -0.25) is 9.78 Å². The Balaban J connectivity index is 1.52. The van der Waals surface area contributed by atoms with Crippen molar-refractivity contribution < 1.29 is 14.3 Å². The van der Waals surface area contributed by atoms with E-state index >= 15 is 0 Å². The maximum atomic E-state index is 12.9. The van der Waals surface area contributed by atoms with E-state index in [0.717, 1.165) is 22.9 Å². The zero-order valence-corrected chi connectivity index (χ0v) is 14.8. The van der Waals surface area contributed by atoms with Gasteiger partial charge in [0.1, 0.15) is 5.60 Å². The Hall–Kier alpha value is -1.98. The Morgan fingerprint density at radius 2 is 2.12 bits per heavy atom. The molecule has 1 aromatic carbocycles. The van der Waals surface area contributed by atoms with Crippen molar-refractivity contribution in [3.05, 3.63) is 42.1 Å². The number of rotatable bonds is 2. The van der Waals surface area contributed by atoms with Crippen LogP contribution in [-0.4, -0.2) is 53.3 Å². The van der Waals surface area contributed by atoms with Gasteiger partial charge in [-0.2, -0.15) is 0 Å². The van der Waals surface area contributed by atoms with Gasteiger partial charge in [-0.1, -0.05) is 18.2 Å². The molecule has 0 N–H and O–H groups in total. The monoisotopic (exact) mass is 340 g/mol. The van der Waals surface area contributed by atoms with Gasteiger partial charge in [-0.05, 0) is 31.5 Å². The molecule has 2 aliphatic heterocycles. The summed E-state index contributed by atoms with van der Waals surface area (Å²) in [5.41, 5.74) is 1.19. The van der Waals surface area contributed by atoms with E-state index in [1.165, 1.54) is 0 Å². The fraction of sp³-hybridized carbons (Fsp3) is 0.500. The highest BCUT2D eigenvalue weighted by Crippen LogP contribution is 2.34. The van der Waals surface area contributed by atoms with Crippen LogP contribution in [0.2, 0.25) is 0 Å². The molecule has 3 heterocycles. The minimum atomic E-state index is -0.358. The third kappa shape index (κ3) is 3.39. The van der Waals surface area contributed by atoms with Crippen LogP contribution in [0.4, 0.5) is 0 Å². The van der Waals surface area contributed by atoms with Crippen molar-refractivity contribution in [1.29, 1.82) is 0 Å². The largest absolute Gasteiger partial charge is 0.378 e. The van der Waals surface area contributed by atoms with Crippen molar-refractivity contribution in [3.8, 4) is 0 Å². The molecule has 1 spiro atoms. The molecule has 5 heteroatoms. The summed E-state index contributed by atoms with van der Waals surface area (Å²) in [6, 6.07) is 10.0. The minimum Gasteiger partial charge on any atom is -0.378 e. The molecule has 0 bridgehead atoms. The maximum absolute atomic E-state index is 12.9. The Kier molecular flexibility index (Phi) is 4.01. The smallest absolute Gasteiger partial charge is 0.227 e. The number of fused-ring (bicyclic) bond motifs is 1. The van der Waals surface area contributed by atoms with Gasteiger partial charge < -0.3 is 14.4 Å². The van der Waals surface area contributed by atoms with E-state index in [2.05, 4.69) is 11.1 Å².